The Hall–Kier alpha value is -1.85. The van der Waals surface area contributed by atoms with Gasteiger partial charge in [0.1, 0.15) is 0 Å². The lowest BCUT2D eigenvalue weighted by atomic mass is 10.1. The van der Waals surface area contributed by atoms with Gasteiger partial charge in [-0.2, -0.15) is 0 Å². The van der Waals surface area contributed by atoms with E-state index in [1.165, 1.54) is 10.6 Å². The van der Waals surface area contributed by atoms with Crippen molar-refractivity contribution in [1.29, 1.82) is 0 Å². The molecule has 128 valence electrons. The average Bonchev–Trinajstić information content (AvgIpc) is 3.15. The standard InChI is InChI=1S/C19H24N2O2S/c1-23-17-9-12-21(13-10-17)16-6-4-15(5-7-16)19(22)20-11-8-18-3-2-14-24-18/h2-7,14,17H,8-13H2,1H3,(H,20,22). The van der Waals surface area contributed by atoms with Crippen LogP contribution in [0.4, 0.5) is 5.69 Å². The second-order valence-electron chi connectivity index (χ2n) is 6.05. The summed E-state index contributed by atoms with van der Waals surface area (Å²) in [5, 5.41) is 5.05. The Morgan fingerprint density at radius 1 is 1.25 bits per heavy atom. The molecule has 0 spiro atoms. The van der Waals surface area contributed by atoms with Gasteiger partial charge in [0.15, 0.2) is 0 Å². The van der Waals surface area contributed by atoms with E-state index in [9.17, 15) is 4.79 Å². The molecule has 1 aliphatic rings. The molecule has 5 heteroatoms. The van der Waals surface area contributed by atoms with Crippen molar-refractivity contribution in [2.45, 2.75) is 25.4 Å². The van der Waals surface area contributed by atoms with Crippen molar-refractivity contribution in [3.05, 3.63) is 52.2 Å². The van der Waals surface area contributed by atoms with Gasteiger partial charge < -0.3 is 15.0 Å². The molecular formula is C19H24N2O2S. The van der Waals surface area contributed by atoms with Gasteiger partial charge in [-0.25, -0.2) is 0 Å². The van der Waals surface area contributed by atoms with E-state index in [0.29, 0.717) is 12.6 Å². The number of hydrogen-bond acceptors (Lipinski definition) is 4. The van der Waals surface area contributed by atoms with Gasteiger partial charge in [0.25, 0.3) is 5.91 Å². The number of hydrogen-bond donors (Lipinski definition) is 1. The van der Waals surface area contributed by atoms with Crippen LogP contribution < -0.4 is 10.2 Å². The van der Waals surface area contributed by atoms with E-state index in [1.54, 1.807) is 18.4 Å². The van der Waals surface area contributed by atoms with Crippen LogP contribution in [-0.4, -0.2) is 38.8 Å². The van der Waals surface area contributed by atoms with Gasteiger partial charge in [0, 0.05) is 42.9 Å². The number of nitrogens with one attached hydrogen (secondary N) is 1. The SMILES string of the molecule is COC1CCN(c2ccc(C(=O)NCCc3cccs3)cc2)CC1. The summed E-state index contributed by atoms with van der Waals surface area (Å²) in [6.07, 6.45) is 3.38. The number of carbonyl (C=O) groups is 1. The molecule has 0 bridgehead atoms. The number of anilines is 1. The average molecular weight is 344 g/mol. The number of nitrogens with zero attached hydrogens (tertiary/aromatic N) is 1. The molecule has 24 heavy (non-hydrogen) atoms. The molecule has 1 fully saturated rings. The Morgan fingerprint density at radius 2 is 2.00 bits per heavy atom. The van der Waals surface area contributed by atoms with Crippen LogP contribution in [0.1, 0.15) is 28.1 Å². The van der Waals surface area contributed by atoms with Gasteiger partial charge in [-0.05, 0) is 55.0 Å². The highest BCUT2D eigenvalue weighted by Crippen LogP contribution is 2.21. The fourth-order valence-corrected chi connectivity index (χ4v) is 3.74. The molecule has 0 saturated carbocycles. The second kappa shape index (κ2) is 8.31. The molecule has 1 aromatic carbocycles. The molecular weight excluding hydrogens is 320 g/mol. The van der Waals surface area contributed by atoms with Gasteiger partial charge in [-0.1, -0.05) is 6.07 Å². The molecule has 0 aliphatic carbocycles. The highest BCUT2D eigenvalue weighted by molar-refractivity contribution is 7.09. The van der Waals surface area contributed by atoms with Crippen LogP contribution in [0.3, 0.4) is 0 Å². The van der Waals surface area contributed by atoms with E-state index in [4.69, 9.17) is 4.74 Å². The first kappa shape index (κ1) is 17.0. The number of carbonyl (C=O) groups excluding carboxylic acids is 1. The number of amides is 1. The molecule has 4 nitrogen and oxygen atoms in total. The zero-order valence-corrected chi connectivity index (χ0v) is 14.8. The highest BCUT2D eigenvalue weighted by atomic mass is 32.1. The van der Waals surface area contributed by atoms with Gasteiger partial charge in [0.2, 0.25) is 0 Å². The fraction of sp³-hybridized carbons (Fsp3) is 0.421. The monoisotopic (exact) mass is 344 g/mol. The summed E-state index contributed by atoms with van der Waals surface area (Å²) >= 11 is 1.72. The minimum atomic E-state index is -0.00352. The third kappa shape index (κ3) is 4.36. The molecule has 1 N–H and O–H groups in total. The number of ether oxygens (including phenoxy) is 1. The van der Waals surface area contributed by atoms with Crippen LogP contribution in [0.25, 0.3) is 0 Å². The molecule has 0 atom stereocenters. The summed E-state index contributed by atoms with van der Waals surface area (Å²) in [4.78, 5) is 15.9. The van der Waals surface area contributed by atoms with Crippen molar-refractivity contribution in [1.82, 2.24) is 5.32 Å². The Morgan fingerprint density at radius 3 is 2.62 bits per heavy atom. The van der Waals surface area contributed by atoms with E-state index >= 15 is 0 Å². The lowest BCUT2D eigenvalue weighted by Gasteiger charge is -2.33. The van der Waals surface area contributed by atoms with Gasteiger partial charge >= 0.3 is 0 Å². The summed E-state index contributed by atoms with van der Waals surface area (Å²) in [6.45, 7) is 2.68. The van der Waals surface area contributed by atoms with Gasteiger partial charge in [-0.15, -0.1) is 11.3 Å². The second-order valence-corrected chi connectivity index (χ2v) is 7.09. The first-order valence-corrected chi connectivity index (χ1v) is 9.32. The molecule has 2 aromatic rings. The van der Waals surface area contributed by atoms with E-state index in [2.05, 4.69) is 21.7 Å². The van der Waals surface area contributed by atoms with Crippen molar-refractivity contribution in [3.8, 4) is 0 Å². The Kier molecular flexibility index (Phi) is 5.88. The van der Waals surface area contributed by atoms with Crippen LogP contribution in [0, 0.1) is 0 Å². The minimum absolute atomic E-state index is 0.00352. The highest BCUT2D eigenvalue weighted by Gasteiger charge is 2.19. The molecule has 0 radical (unpaired) electrons. The summed E-state index contributed by atoms with van der Waals surface area (Å²) < 4.78 is 5.41. The summed E-state index contributed by atoms with van der Waals surface area (Å²) in [7, 11) is 1.78. The Balaban J connectivity index is 1.49. The summed E-state index contributed by atoms with van der Waals surface area (Å²) in [6, 6.07) is 12.0. The predicted molar refractivity (Wildman–Crippen MR) is 99.0 cm³/mol. The Labute approximate surface area is 147 Å². The number of piperidine rings is 1. The van der Waals surface area contributed by atoms with E-state index in [-0.39, 0.29) is 5.91 Å². The summed E-state index contributed by atoms with van der Waals surface area (Å²) in [5.74, 6) is -0.00352. The van der Waals surface area contributed by atoms with Crippen LogP contribution >= 0.6 is 11.3 Å². The van der Waals surface area contributed by atoms with E-state index < -0.39 is 0 Å². The molecule has 3 rings (SSSR count). The van der Waals surface area contributed by atoms with Crippen molar-refractivity contribution >= 4 is 22.9 Å². The van der Waals surface area contributed by atoms with Crippen LogP contribution in [0.2, 0.25) is 0 Å². The topological polar surface area (TPSA) is 41.6 Å². The van der Waals surface area contributed by atoms with Crippen molar-refractivity contribution in [3.63, 3.8) is 0 Å². The third-order valence-corrected chi connectivity index (χ3v) is 5.44. The van der Waals surface area contributed by atoms with Crippen LogP contribution in [-0.2, 0) is 11.2 Å². The van der Waals surface area contributed by atoms with Gasteiger partial charge in [0.05, 0.1) is 6.10 Å². The molecule has 2 heterocycles. The smallest absolute Gasteiger partial charge is 0.251 e. The number of benzene rings is 1. The normalized spacial score (nSPS) is 15.5. The number of rotatable bonds is 6. The zero-order valence-electron chi connectivity index (χ0n) is 14.0. The molecule has 0 unspecified atom stereocenters. The number of thiophene rings is 1. The first-order chi connectivity index (χ1) is 11.8. The van der Waals surface area contributed by atoms with Crippen molar-refractivity contribution in [2.24, 2.45) is 0 Å². The van der Waals surface area contributed by atoms with Gasteiger partial charge in [-0.3, -0.25) is 4.79 Å². The lowest BCUT2D eigenvalue weighted by molar-refractivity contribution is 0.0819. The quantitative estimate of drug-likeness (QED) is 0.874. The number of methoxy groups -OCH3 is 1. The van der Waals surface area contributed by atoms with E-state index in [0.717, 1.165) is 37.9 Å². The van der Waals surface area contributed by atoms with Crippen LogP contribution in [0.15, 0.2) is 41.8 Å². The van der Waals surface area contributed by atoms with Crippen molar-refractivity contribution < 1.29 is 9.53 Å². The largest absolute Gasteiger partial charge is 0.381 e. The summed E-state index contributed by atoms with van der Waals surface area (Å²) in [5.41, 5.74) is 1.90. The molecule has 1 aromatic heterocycles. The maximum Gasteiger partial charge on any atom is 0.251 e. The Bertz CT molecular complexity index is 632. The molecule has 1 aliphatic heterocycles. The van der Waals surface area contributed by atoms with Crippen LogP contribution in [0.5, 0.6) is 0 Å². The molecule has 1 saturated heterocycles. The third-order valence-electron chi connectivity index (χ3n) is 4.51. The first-order valence-electron chi connectivity index (χ1n) is 8.44. The molecule has 1 amide bonds. The zero-order chi connectivity index (χ0) is 16.8. The minimum Gasteiger partial charge on any atom is -0.381 e. The maximum absolute atomic E-state index is 12.2. The predicted octanol–water partition coefficient (Wildman–Crippen LogP) is 3.34. The lowest BCUT2D eigenvalue weighted by Crippen LogP contribution is -2.36. The van der Waals surface area contributed by atoms with E-state index in [1.807, 2.05) is 30.3 Å². The fourth-order valence-electron chi connectivity index (χ4n) is 3.03. The maximum atomic E-state index is 12.2. The van der Waals surface area contributed by atoms with Crippen molar-refractivity contribution in [2.75, 3.05) is 31.6 Å².